The molecule has 0 heterocycles. The lowest BCUT2D eigenvalue weighted by molar-refractivity contribution is 0.904. The molecule has 2 unspecified atom stereocenters. The van der Waals surface area contributed by atoms with E-state index in [9.17, 15) is 0 Å². The summed E-state index contributed by atoms with van der Waals surface area (Å²) in [4.78, 5) is 0. The molecule has 0 aliphatic rings. The monoisotopic (exact) mass is 192 g/mol. The zero-order valence-corrected chi connectivity index (χ0v) is 9.73. The van der Waals surface area contributed by atoms with Gasteiger partial charge in [0.2, 0.25) is 0 Å². The van der Waals surface area contributed by atoms with Crippen molar-refractivity contribution < 1.29 is 0 Å². The van der Waals surface area contributed by atoms with Gasteiger partial charge in [0.15, 0.2) is 0 Å². The van der Waals surface area contributed by atoms with E-state index in [1.54, 1.807) is 0 Å². The molecule has 0 nitrogen and oxygen atoms in total. The Morgan fingerprint density at radius 2 is 1.82 bits per heavy atom. The van der Waals surface area contributed by atoms with E-state index >= 15 is 0 Å². The summed E-state index contributed by atoms with van der Waals surface area (Å²) < 4.78 is 0.782. The van der Waals surface area contributed by atoms with Gasteiger partial charge >= 0.3 is 0 Å². The normalized spacial score (nSPS) is 16.4. The van der Waals surface area contributed by atoms with Crippen LogP contribution < -0.4 is 0 Å². The van der Waals surface area contributed by atoms with Gasteiger partial charge in [0.1, 0.15) is 0 Å². The van der Waals surface area contributed by atoms with Gasteiger partial charge in [0.25, 0.3) is 0 Å². The predicted molar refractivity (Wildman–Crippen MR) is 59.6 cm³/mol. The molecule has 0 aromatic rings. The molecule has 0 saturated heterocycles. The van der Waals surface area contributed by atoms with Crippen LogP contribution in [0.15, 0.2) is 0 Å². The Balaban J connectivity index is 3.27. The first-order valence-corrected chi connectivity index (χ1v) is 6.46. The average molecular weight is 192 g/mol. The Morgan fingerprint density at radius 3 is 2.27 bits per heavy atom. The summed E-state index contributed by atoms with van der Waals surface area (Å²) in [7, 11) is 0. The van der Waals surface area contributed by atoms with Crippen molar-refractivity contribution in [1.29, 1.82) is 0 Å². The van der Waals surface area contributed by atoms with E-state index in [1.807, 2.05) is 0 Å². The molecule has 0 spiro atoms. The lowest BCUT2D eigenvalue weighted by Crippen LogP contribution is -2.00. The van der Waals surface area contributed by atoms with Crippen molar-refractivity contribution in [2.75, 3.05) is 5.75 Å². The van der Waals surface area contributed by atoms with E-state index in [0.29, 0.717) is 0 Å². The van der Waals surface area contributed by atoms with Crippen LogP contribution in [0.25, 0.3) is 0 Å². The molecule has 0 amide bonds. The second-order valence-corrected chi connectivity index (χ2v) is 6.32. The second-order valence-electron chi connectivity index (χ2n) is 2.79. The zero-order chi connectivity index (χ0) is 8.69. The molecule has 0 radical (unpaired) electrons. The topological polar surface area (TPSA) is 0 Å². The molecule has 0 fully saturated rings. The fourth-order valence-corrected chi connectivity index (χ4v) is 3.33. The minimum absolute atomic E-state index is 0.782. The smallest absolute Gasteiger partial charge is 0.0477 e. The summed E-state index contributed by atoms with van der Waals surface area (Å²) in [5.74, 6) is 1.31. The largest absolute Gasteiger partial charge is 0.148 e. The molecular weight excluding hydrogens is 172 g/mol. The van der Waals surface area contributed by atoms with Gasteiger partial charge in [-0.3, -0.25) is 0 Å². The quantitative estimate of drug-likeness (QED) is 0.583. The first kappa shape index (κ1) is 11.7. The molecule has 2 atom stereocenters. The molecule has 0 aromatic heterocycles. The lowest BCUT2D eigenvalue weighted by atomic mass is 10.4. The molecule has 0 aromatic carbocycles. The van der Waals surface area contributed by atoms with Crippen LogP contribution in [0, 0.1) is 0 Å². The van der Waals surface area contributed by atoms with Crippen LogP contribution in [-0.2, 0) is 0 Å². The third kappa shape index (κ3) is 7.07. The fraction of sp³-hybridized carbons (Fsp3) is 1.00. The van der Waals surface area contributed by atoms with Crippen LogP contribution >= 0.6 is 23.5 Å². The van der Waals surface area contributed by atoms with Crippen LogP contribution in [0.1, 0.15) is 40.5 Å². The fourth-order valence-electron chi connectivity index (χ4n) is 0.746. The standard InChI is InChI=1S/C9H20S2/c1-5-7-10-9(4)11-8(3)6-2/h8-9H,5-7H2,1-4H3. The lowest BCUT2D eigenvalue weighted by Gasteiger charge is -2.14. The van der Waals surface area contributed by atoms with Crippen molar-refractivity contribution in [1.82, 2.24) is 0 Å². The highest BCUT2D eigenvalue weighted by molar-refractivity contribution is 8.17. The Hall–Kier alpha value is 0.700. The molecule has 68 valence electrons. The van der Waals surface area contributed by atoms with Crippen molar-refractivity contribution in [3.8, 4) is 0 Å². The maximum Gasteiger partial charge on any atom is 0.0477 e. The van der Waals surface area contributed by atoms with Gasteiger partial charge in [0.05, 0.1) is 0 Å². The van der Waals surface area contributed by atoms with E-state index in [2.05, 4.69) is 51.2 Å². The molecule has 0 saturated carbocycles. The van der Waals surface area contributed by atoms with Crippen LogP contribution in [0.5, 0.6) is 0 Å². The van der Waals surface area contributed by atoms with Crippen molar-refractivity contribution in [3.05, 3.63) is 0 Å². The van der Waals surface area contributed by atoms with Crippen LogP contribution in [0.2, 0.25) is 0 Å². The van der Waals surface area contributed by atoms with Gasteiger partial charge in [-0.05, 0) is 25.5 Å². The van der Waals surface area contributed by atoms with Crippen molar-refractivity contribution in [3.63, 3.8) is 0 Å². The highest BCUT2D eigenvalue weighted by Crippen LogP contribution is 2.28. The third-order valence-electron chi connectivity index (χ3n) is 1.56. The Morgan fingerprint density at radius 1 is 1.18 bits per heavy atom. The molecule has 0 aliphatic heterocycles. The number of hydrogen-bond donors (Lipinski definition) is 0. The molecule has 0 rings (SSSR count). The summed E-state index contributed by atoms with van der Waals surface area (Å²) in [6.45, 7) is 9.13. The van der Waals surface area contributed by atoms with E-state index in [1.165, 1.54) is 18.6 Å². The van der Waals surface area contributed by atoms with Crippen molar-refractivity contribution >= 4 is 23.5 Å². The van der Waals surface area contributed by atoms with E-state index in [0.717, 1.165) is 9.83 Å². The summed E-state index contributed by atoms with van der Waals surface area (Å²) in [5.41, 5.74) is 0. The summed E-state index contributed by atoms with van der Waals surface area (Å²) in [5, 5.41) is 0.828. The highest BCUT2D eigenvalue weighted by Gasteiger charge is 2.06. The van der Waals surface area contributed by atoms with Gasteiger partial charge in [0, 0.05) is 9.83 Å². The van der Waals surface area contributed by atoms with Crippen LogP contribution in [-0.4, -0.2) is 15.6 Å². The van der Waals surface area contributed by atoms with E-state index < -0.39 is 0 Å². The second kappa shape index (κ2) is 7.35. The molecule has 0 aliphatic carbocycles. The first-order valence-electron chi connectivity index (χ1n) is 4.47. The molecule has 11 heavy (non-hydrogen) atoms. The predicted octanol–water partition coefficient (Wildman–Crippen LogP) is 4.01. The Labute approximate surface area is 79.9 Å². The maximum absolute atomic E-state index is 2.32. The molecule has 0 N–H and O–H groups in total. The van der Waals surface area contributed by atoms with Gasteiger partial charge < -0.3 is 0 Å². The van der Waals surface area contributed by atoms with Gasteiger partial charge in [-0.2, -0.15) is 0 Å². The SMILES string of the molecule is CCCSC(C)SC(C)CC. The molecular formula is C9H20S2. The Bertz CT molecular complexity index is 83.6. The van der Waals surface area contributed by atoms with E-state index in [-0.39, 0.29) is 0 Å². The third-order valence-corrected chi connectivity index (χ3v) is 4.59. The summed E-state index contributed by atoms with van der Waals surface area (Å²) in [6, 6.07) is 0. The van der Waals surface area contributed by atoms with Crippen LogP contribution in [0.3, 0.4) is 0 Å². The summed E-state index contributed by atoms with van der Waals surface area (Å²) >= 11 is 4.19. The maximum atomic E-state index is 2.32. The number of thioether (sulfide) groups is 2. The minimum Gasteiger partial charge on any atom is -0.148 e. The highest BCUT2D eigenvalue weighted by atomic mass is 32.2. The van der Waals surface area contributed by atoms with Gasteiger partial charge in [-0.25, -0.2) is 0 Å². The number of rotatable bonds is 6. The number of hydrogen-bond acceptors (Lipinski definition) is 2. The molecule has 0 bridgehead atoms. The van der Waals surface area contributed by atoms with E-state index in [4.69, 9.17) is 0 Å². The zero-order valence-electron chi connectivity index (χ0n) is 8.09. The van der Waals surface area contributed by atoms with Crippen molar-refractivity contribution in [2.24, 2.45) is 0 Å². The van der Waals surface area contributed by atoms with Crippen molar-refractivity contribution in [2.45, 2.75) is 50.4 Å². The van der Waals surface area contributed by atoms with Gasteiger partial charge in [-0.15, -0.1) is 23.5 Å². The first-order chi connectivity index (χ1) is 5.20. The minimum atomic E-state index is 0.782. The van der Waals surface area contributed by atoms with Crippen LogP contribution in [0.4, 0.5) is 0 Å². The molecule has 2 heteroatoms. The average Bonchev–Trinajstić information content (AvgIpc) is 2.00. The Kier molecular flexibility index (Phi) is 7.82. The summed E-state index contributed by atoms with van der Waals surface area (Å²) in [6.07, 6.45) is 2.60. The van der Waals surface area contributed by atoms with Gasteiger partial charge in [-0.1, -0.05) is 20.8 Å².